The van der Waals surface area contributed by atoms with Gasteiger partial charge in [0.15, 0.2) is 0 Å². The summed E-state index contributed by atoms with van der Waals surface area (Å²) < 4.78 is 14.9. The van der Waals surface area contributed by atoms with Crippen LogP contribution in [0.5, 0.6) is 0 Å². The summed E-state index contributed by atoms with van der Waals surface area (Å²) in [5.41, 5.74) is 0. The summed E-state index contributed by atoms with van der Waals surface area (Å²) in [5.74, 6) is 2.88. The number of hydrogen-bond donors (Lipinski definition) is 1. The molecule has 1 N–H and O–H groups in total. The van der Waals surface area contributed by atoms with Gasteiger partial charge in [0.1, 0.15) is 0 Å². The molecule has 0 aliphatic rings. The molecule has 0 aromatic rings. The maximum Gasteiger partial charge on any atom is 1.00 e. The zero-order chi connectivity index (χ0) is 19.3. The van der Waals surface area contributed by atoms with Gasteiger partial charge in [-0.25, -0.2) is 0 Å². The molecule has 0 aliphatic heterocycles. The van der Waals surface area contributed by atoms with Crippen molar-refractivity contribution in [2.75, 3.05) is 6.61 Å². The fourth-order valence-corrected chi connectivity index (χ4v) is 3.64. The molecule has 0 aliphatic carbocycles. The summed E-state index contributed by atoms with van der Waals surface area (Å²) in [6.45, 7) is 11.5. The van der Waals surface area contributed by atoms with E-state index in [-0.39, 0.29) is 36.2 Å². The second-order valence-corrected chi connectivity index (χ2v) is 9.79. The smallest absolute Gasteiger partial charge is 0.756 e. The van der Waals surface area contributed by atoms with Gasteiger partial charge >= 0.3 is 29.6 Å². The van der Waals surface area contributed by atoms with Crippen LogP contribution in [0.3, 0.4) is 0 Å². The van der Waals surface area contributed by atoms with Gasteiger partial charge in [-0.3, -0.25) is 4.57 Å². The molecule has 6 heteroatoms. The van der Waals surface area contributed by atoms with Gasteiger partial charge in [-0.2, -0.15) is 0 Å². The molecule has 0 saturated carbocycles. The zero-order valence-electron chi connectivity index (χ0n) is 18.2. The monoisotopic (exact) mass is 400 g/mol. The molecule has 0 saturated heterocycles. The SMILES string of the molecule is CC(C)CCC[C@@H](C)CCC[C@@H](C)CCC[C@H](C)CCOP(=O)([O-])O.[Na+]. The first kappa shape index (κ1) is 29.3. The standard InChI is InChI=1S/C20H43O4P.Na/c1-17(2)9-6-10-18(3)11-7-12-19(4)13-8-14-20(5)15-16-24-25(21,22)23;/h17-20H,6-16H2,1-5H3,(H2,21,22,23);/q;+1/p-1/t18-,19-,20+;/m1./s1. The molecule has 0 bridgehead atoms. The minimum atomic E-state index is -4.55. The molecule has 4 atom stereocenters. The van der Waals surface area contributed by atoms with E-state index in [4.69, 9.17) is 4.89 Å². The largest absolute Gasteiger partial charge is 1.00 e. The van der Waals surface area contributed by atoms with Crippen LogP contribution in [0, 0.1) is 23.7 Å². The fraction of sp³-hybridized carbons (Fsp3) is 1.00. The average Bonchev–Trinajstić information content (AvgIpc) is 2.45. The van der Waals surface area contributed by atoms with E-state index in [1.54, 1.807) is 0 Å². The molecule has 0 fully saturated rings. The summed E-state index contributed by atoms with van der Waals surface area (Å²) in [7, 11) is -4.55. The van der Waals surface area contributed by atoms with Gasteiger partial charge in [0.05, 0.1) is 6.61 Å². The Labute approximate surface area is 184 Å². The van der Waals surface area contributed by atoms with Crippen LogP contribution in [0.2, 0.25) is 0 Å². The Morgan fingerprint density at radius 3 is 1.46 bits per heavy atom. The van der Waals surface area contributed by atoms with Crippen molar-refractivity contribution in [2.24, 2.45) is 23.7 Å². The minimum absolute atomic E-state index is 0. The van der Waals surface area contributed by atoms with Gasteiger partial charge in [-0.05, 0) is 30.1 Å². The van der Waals surface area contributed by atoms with Crippen LogP contribution < -0.4 is 34.5 Å². The first-order valence-electron chi connectivity index (χ1n) is 10.3. The number of phosphoric acid groups is 1. The zero-order valence-corrected chi connectivity index (χ0v) is 21.1. The molecule has 0 aromatic carbocycles. The van der Waals surface area contributed by atoms with E-state index in [9.17, 15) is 9.46 Å². The Balaban J connectivity index is 0. The van der Waals surface area contributed by atoms with Crippen LogP contribution in [0.15, 0.2) is 0 Å². The normalized spacial score (nSPS) is 17.4. The Bertz CT molecular complexity index is 360. The molecular weight excluding hydrogens is 358 g/mol. The van der Waals surface area contributed by atoms with Gasteiger partial charge in [0.25, 0.3) is 7.82 Å². The number of hydrogen-bond acceptors (Lipinski definition) is 3. The van der Waals surface area contributed by atoms with E-state index in [1.165, 1.54) is 51.4 Å². The molecule has 4 nitrogen and oxygen atoms in total. The van der Waals surface area contributed by atoms with Crippen molar-refractivity contribution in [1.82, 2.24) is 0 Å². The van der Waals surface area contributed by atoms with Crippen molar-refractivity contribution in [3.63, 3.8) is 0 Å². The summed E-state index contributed by atoms with van der Waals surface area (Å²) in [4.78, 5) is 19.1. The first-order valence-corrected chi connectivity index (χ1v) is 11.8. The second kappa shape index (κ2) is 17.0. The van der Waals surface area contributed by atoms with Crippen molar-refractivity contribution in [3.8, 4) is 0 Å². The van der Waals surface area contributed by atoms with E-state index < -0.39 is 7.82 Å². The quantitative estimate of drug-likeness (QED) is 0.319. The van der Waals surface area contributed by atoms with E-state index in [0.717, 1.165) is 24.2 Å². The van der Waals surface area contributed by atoms with E-state index >= 15 is 0 Å². The van der Waals surface area contributed by atoms with Crippen LogP contribution in [0.25, 0.3) is 0 Å². The van der Waals surface area contributed by atoms with E-state index in [1.807, 2.05) is 0 Å². The Hall–Kier alpha value is 1.11. The van der Waals surface area contributed by atoms with Gasteiger partial charge in [0.2, 0.25) is 0 Å². The second-order valence-electron chi connectivity index (χ2n) is 8.59. The number of phosphoric ester groups is 1. The molecular formula is C20H42NaO4P. The Morgan fingerprint density at radius 1 is 0.769 bits per heavy atom. The molecule has 0 spiro atoms. The average molecular weight is 401 g/mol. The molecule has 0 amide bonds. The fourth-order valence-electron chi connectivity index (χ4n) is 3.31. The van der Waals surface area contributed by atoms with Crippen LogP contribution >= 0.6 is 7.82 Å². The summed E-state index contributed by atoms with van der Waals surface area (Å²) in [6, 6.07) is 0. The Morgan fingerprint density at radius 2 is 1.12 bits per heavy atom. The van der Waals surface area contributed by atoms with Crippen LogP contribution in [-0.4, -0.2) is 11.5 Å². The van der Waals surface area contributed by atoms with Gasteiger partial charge in [0, 0.05) is 0 Å². The van der Waals surface area contributed by atoms with E-state index in [0.29, 0.717) is 12.3 Å². The van der Waals surface area contributed by atoms with Crippen molar-refractivity contribution in [3.05, 3.63) is 0 Å². The van der Waals surface area contributed by atoms with Gasteiger partial charge in [-0.1, -0.05) is 92.4 Å². The molecule has 0 rings (SSSR count). The van der Waals surface area contributed by atoms with Crippen LogP contribution in [-0.2, 0) is 9.09 Å². The third-order valence-corrected chi connectivity index (χ3v) is 5.64. The third-order valence-electron chi connectivity index (χ3n) is 5.13. The molecule has 0 radical (unpaired) electrons. The predicted molar refractivity (Wildman–Crippen MR) is 104 cm³/mol. The molecule has 152 valence electrons. The van der Waals surface area contributed by atoms with E-state index in [2.05, 4.69) is 39.1 Å². The summed E-state index contributed by atoms with van der Waals surface area (Å²) >= 11 is 0. The third kappa shape index (κ3) is 21.4. The maximum absolute atomic E-state index is 10.5. The van der Waals surface area contributed by atoms with Gasteiger partial charge in [-0.15, -0.1) is 0 Å². The maximum atomic E-state index is 10.5. The van der Waals surface area contributed by atoms with Crippen molar-refractivity contribution in [2.45, 2.75) is 98.8 Å². The van der Waals surface area contributed by atoms with Crippen LogP contribution in [0.1, 0.15) is 98.8 Å². The van der Waals surface area contributed by atoms with Crippen molar-refractivity contribution in [1.29, 1.82) is 0 Å². The molecule has 1 unspecified atom stereocenters. The molecule has 0 aromatic heterocycles. The molecule has 26 heavy (non-hydrogen) atoms. The predicted octanol–water partition coefficient (Wildman–Crippen LogP) is 2.93. The van der Waals surface area contributed by atoms with Crippen molar-refractivity contribution < 1.29 is 48.4 Å². The first-order chi connectivity index (χ1) is 11.6. The summed E-state index contributed by atoms with van der Waals surface area (Å²) in [5, 5.41) is 0. The number of rotatable bonds is 16. The topological polar surface area (TPSA) is 69.6 Å². The Kier molecular flexibility index (Phi) is 19.2. The summed E-state index contributed by atoms with van der Waals surface area (Å²) in [6.07, 6.45) is 12.3. The molecule has 0 heterocycles. The van der Waals surface area contributed by atoms with Crippen LogP contribution in [0.4, 0.5) is 0 Å². The minimum Gasteiger partial charge on any atom is -0.756 e. The van der Waals surface area contributed by atoms with Crippen molar-refractivity contribution >= 4 is 7.82 Å². The van der Waals surface area contributed by atoms with Gasteiger partial charge < -0.3 is 14.3 Å².